The van der Waals surface area contributed by atoms with Crippen LogP contribution in [0.5, 0.6) is 0 Å². The Bertz CT molecular complexity index is 575. The fourth-order valence-electron chi connectivity index (χ4n) is 2.24. The van der Waals surface area contributed by atoms with Crippen molar-refractivity contribution >= 4 is 0 Å². The molecule has 1 aliphatic heterocycles. The summed E-state index contributed by atoms with van der Waals surface area (Å²) in [6, 6.07) is 6.76. The molecule has 1 N–H and O–H groups in total. The van der Waals surface area contributed by atoms with Crippen molar-refractivity contribution in [1.29, 1.82) is 0 Å². The molecule has 0 unspecified atom stereocenters. The smallest absolute Gasteiger partial charge is 0.181 e. The van der Waals surface area contributed by atoms with E-state index in [1.54, 1.807) is 0 Å². The number of aromatic nitrogens is 1. The minimum absolute atomic E-state index is 0.429. The highest BCUT2D eigenvalue weighted by atomic mass is 16.5. The number of hydrogen-bond acceptors (Lipinski definition) is 4. The van der Waals surface area contributed by atoms with E-state index in [-0.39, 0.29) is 0 Å². The van der Waals surface area contributed by atoms with Crippen molar-refractivity contribution < 1.29 is 9.15 Å². The average molecular weight is 258 g/mol. The Balaban J connectivity index is 1.88. The zero-order chi connectivity index (χ0) is 13.2. The Labute approximate surface area is 112 Å². The Morgan fingerprint density at radius 3 is 2.95 bits per heavy atom. The quantitative estimate of drug-likeness (QED) is 0.916. The number of nitrogens with zero attached hydrogens (tertiary/aromatic N) is 1. The number of oxazole rings is 1. The van der Waals surface area contributed by atoms with Gasteiger partial charge in [-0.1, -0.05) is 26.0 Å². The van der Waals surface area contributed by atoms with E-state index in [1.807, 2.05) is 0 Å². The molecule has 2 heterocycles. The largest absolute Gasteiger partial charge is 0.443 e. The molecular formula is C15H18N2O2. The molecule has 2 aromatic rings. The minimum atomic E-state index is 0.429. The van der Waals surface area contributed by atoms with Gasteiger partial charge in [-0.2, -0.15) is 0 Å². The molecule has 100 valence electrons. The summed E-state index contributed by atoms with van der Waals surface area (Å²) in [4.78, 5) is 4.30. The Hall–Kier alpha value is -1.65. The Morgan fingerprint density at radius 1 is 1.26 bits per heavy atom. The molecule has 0 saturated carbocycles. The van der Waals surface area contributed by atoms with Crippen LogP contribution < -0.4 is 5.32 Å². The first-order valence-corrected chi connectivity index (χ1v) is 6.59. The SMILES string of the molecule is CC(C)NCc1ncoc1-c1ccc2c(c1)COC2. The van der Waals surface area contributed by atoms with Crippen LogP contribution in [0.1, 0.15) is 30.7 Å². The normalized spacial score (nSPS) is 14.1. The van der Waals surface area contributed by atoms with Gasteiger partial charge in [-0.3, -0.25) is 0 Å². The van der Waals surface area contributed by atoms with Gasteiger partial charge >= 0.3 is 0 Å². The molecule has 0 spiro atoms. The van der Waals surface area contributed by atoms with Crippen molar-refractivity contribution in [2.24, 2.45) is 0 Å². The fourth-order valence-corrected chi connectivity index (χ4v) is 2.24. The molecule has 0 amide bonds. The standard InChI is InChI=1S/C15H18N2O2/c1-10(2)16-6-14-15(19-9-17-14)11-3-4-12-7-18-8-13(12)5-11/h3-5,9-10,16H,6-8H2,1-2H3. The maximum Gasteiger partial charge on any atom is 0.181 e. The van der Waals surface area contributed by atoms with E-state index < -0.39 is 0 Å². The van der Waals surface area contributed by atoms with Crippen molar-refractivity contribution in [3.8, 4) is 11.3 Å². The van der Waals surface area contributed by atoms with Crippen LogP contribution in [0.4, 0.5) is 0 Å². The first-order valence-electron chi connectivity index (χ1n) is 6.59. The number of fused-ring (bicyclic) bond motifs is 1. The minimum Gasteiger partial charge on any atom is -0.443 e. The van der Waals surface area contributed by atoms with Crippen LogP contribution in [-0.4, -0.2) is 11.0 Å². The zero-order valence-corrected chi connectivity index (χ0v) is 11.3. The maximum absolute atomic E-state index is 5.55. The highest BCUT2D eigenvalue weighted by Crippen LogP contribution is 2.28. The van der Waals surface area contributed by atoms with Gasteiger partial charge in [0.2, 0.25) is 0 Å². The molecule has 0 radical (unpaired) electrons. The van der Waals surface area contributed by atoms with E-state index in [0.29, 0.717) is 19.3 Å². The summed E-state index contributed by atoms with van der Waals surface area (Å²) in [6.45, 7) is 6.36. The second-order valence-electron chi connectivity index (χ2n) is 5.14. The van der Waals surface area contributed by atoms with Gasteiger partial charge in [0.1, 0.15) is 5.69 Å². The topological polar surface area (TPSA) is 47.3 Å². The molecule has 4 heteroatoms. The van der Waals surface area contributed by atoms with Crippen LogP contribution in [0.25, 0.3) is 11.3 Å². The van der Waals surface area contributed by atoms with Crippen LogP contribution >= 0.6 is 0 Å². The lowest BCUT2D eigenvalue weighted by molar-refractivity contribution is 0.134. The van der Waals surface area contributed by atoms with Gasteiger partial charge in [-0.05, 0) is 17.2 Å². The van der Waals surface area contributed by atoms with Gasteiger partial charge in [0.15, 0.2) is 12.2 Å². The summed E-state index contributed by atoms with van der Waals surface area (Å²) >= 11 is 0. The van der Waals surface area contributed by atoms with Crippen molar-refractivity contribution in [2.75, 3.05) is 0 Å². The van der Waals surface area contributed by atoms with Crippen molar-refractivity contribution in [2.45, 2.75) is 39.6 Å². The summed E-state index contributed by atoms with van der Waals surface area (Å²) in [7, 11) is 0. The maximum atomic E-state index is 5.55. The van der Waals surface area contributed by atoms with E-state index in [9.17, 15) is 0 Å². The molecule has 0 aliphatic carbocycles. The van der Waals surface area contributed by atoms with E-state index >= 15 is 0 Å². The van der Waals surface area contributed by atoms with Crippen LogP contribution in [0.15, 0.2) is 29.0 Å². The number of rotatable bonds is 4. The highest BCUT2D eigenvalue weighted by molar-refractivity contribution is 5.61. The summed E-state index contributed by atoms with van der Waals surface area (Å²) < 4.78 is 11.0. The lowest BCUT2D eigenvalue weighted by atomic mass is 10.0. The molecule has 0 fully saturated rings. The molecule has 0 saturated heterocycles. The Kier molecular flexibility index (Phi) is 3.36. The van der Waals surface area contributed by atoms with Crippen molar-refractivity contribution in [3.63, 3.8) is 0 Å². The second kappa shape index (κ2) is 5.15. The monoisotopic (exact) mass is 258 g/mol. The first kappa shape index (κ1) is 12.4. The Morgan fingerprint density at radius 2 is 2.11 bits per heavy atom. The van der Waals surface area contributed by atoms with Gasteiger partial charge in [0.05, 0.1) is 13.2 Å². The summed E-state index contributed by atoms with van der Waals surface area (Å²) in [5, 5.41) is 3.36. The average Bonchev–Trinajstić information content (AvgIpc) is 3.04. The van der Waals surface area contributed by atoms with Crippen LogP contribution in [-0.2, 0) is 24.5 Å². The van der Waals surface area contributed by atoms with E-state index in [2.05, 4.69) is 42.3 Å². The zero-order valence-electron chi connectivity index (χ0n) is 11.3. The van der Waals surface area contributed by atoms with Gasteiger partial charge < -0.3 is 14.5 Å². The number of benzene rings is 1. The summed E-state index contributed by atoms with van der Waals surface area (Å²) in [6.07, 6.45) is 1.51. The number of nitrogens with one attached hydrogen (secondary N) is 1. The van der Waals surface area contributed by atoms with Crippen LogP contribution in [0.3, 0.4) is 0 Å². The molecule has 19 heavy (non-hydrogen) atoms. The van der Waals surface area contributed by atoms with Gasteiger partial charge in [0, 0.05) is 18.2 Å². The lowest BCUT2D eigenvalue weighted by Crippen LogP contribution is -2.22. The summed E-state index contributed by atoms with van der Waals surface area (Å²) in [5.41, 5.74) is 4.54. The third-order valence-corrected chi connectivity index (χ3v) is 3.30. The van der Waals surface area contributed by atoms with Crippen molar-refractivity contribution in [1.82, 2.24) is 10.3 Å². The number of ether oxygens (including phenoxy) is 1. The molecule has 4 nitrogen and oxygen atoms in total. The predicted octanol–water partition coefficient (Wildman–Crippen LogP) is 2.87. The molecule has 0 bridgehead atoms. The third kappa shape index (κ3) is 2.55. The van der Waals surface area contributed by atoms with E-state index in [0.717, 1.165) is 23.6 Å². The fraction of sp³-hybridized carbons (Fsp3) is 0.400. The van der Waals surface area contributed by atoms with Gasteiger partial charge in [-0.25, -0.2) is 4.98 Å². The van der Waals surface area contributed by atoms with Gasteiger partial charge in [-0.15, -0.1) is 0 Å². The molecule has 3 rings (SSSR count). The second-order valence-corrected chi connectivity index (χ2v) is 5.14. The molecule has 0 atom stereocenters. The highest BCUT2D eigenvalue weighted by Gasteiger charge is 2.16. The first-order chi connectivity index (χ1) is 9.24. The van der Waals surface area contributed by atoms with E-state index in [1.165, 1.54) is 17.5 Å². The molecular weight excluding hydrogens is 240 g/mol. The predicted molar refractivity (Wildman–Crippen MR) is 72.4 cm³/mol. The third-order valence-electron chi connectivity index (χ3n) is 3.30. The molecule has 1 aromatic heterocycles. The van der Waals surface area contributed by atoms with Crippen LogP contribution in [0, 0.1) is 0 Å². The van der Waals surface area contributed by atoms with Crippen LogP contribution in [0.2, 0.25) is 0 Å². The van der Waals surface area contributed by atoms with E-state index in [4.69, 9.17) is 9.15 Å². The molecule has 1 aromatic carbocycles. The summed E-state index contributed by atoms with van der Waals surface area (Å²) in [5.74, 6) is 0.850. The molecule has 1 aliphatic rings. The van der Waals surface area contributed by atoms with Gasteiger partial charge in [0.25, 0.3) is 0 Å². The van der Waals surface area contributed by atoms with Crippen molar-refractivity contribution in [3.05, 3.63) is 41.4 Å². The number of hydrogen-bond donors (Lipinski definition) is 1. The lowest BCUT2D eigenvalue weighted by Gasteiger charge is -2.07.